The summed E-state index contributed by atoms with van der Waals surface area (Å²) < 4.78 is 85.9. The van der Waals surface area contributed by atoms with E-state index in [0.29, 0.717) is 0 Å². The fraction of sp³-hybridized carbons (Fsp3) is 0.0625. The molecule has 2 nitrogen and oxygen atoms in total. The largest absolute Gasteiger partial charge is 0.354 e. The third-order valence-electron chi connectivity index (χ3n) is 3.47. The molecule has 25 heavy (non-hydrogen) atoms. The summed E-state index contributed by atoms with van der Waals surface area (Å²) in [5.41, 5.74) is -0.855. The minimum atomic E-state index is -10.1. The first-order valence-corrected chi connectivity index (χ1v) is 8.87. The molecule has 0 aliphatic rings. The molecular formula is C16H11F6NOS. The van der Waals surface area contributed by atoms with Gasteiger partial charge in [-0.2, -0.15) is 0 Å². The van der Waals surface area contributed by atoms with Crippen LogP contribution in [0.4, 0.5) is 23.8 Å². The van der Waals surface area contributed by atoms with E-state index < -0.39 is 32.4 Å². The molecule has 0 radical (unpaired) electrons. The Kier molecular flexibility index (Phi) is 3.35. The molecule has 0 fully saturated rings. The van der Waals surface area contributed by atoms with Crippen molar-refractivity contribution in [3.8, 4) is 22.6 Å². The molecule has 0 spiro atoms. The van der Waals surface area contributed by atoms with E-state index in [-0.39, 0.29) is 11.1 Å². The summed E-state index contributed by atoms with van der Waals surface area (Å²) in [5, 5.41) is 3.20. The quantitative estimate of drug-likeness (QED) is 0.453. The molecule has 3 aromatic rings. The van der Waals surface area contributed by atoms with E-state index in [1.54, 1.807) is 6.92 Å². The van der Waals surface area contributed by atoms with E-state index in [4.69, 9.17) is 0 Å². The van der Waals surface area contributed by atoms with Crippen molar-refractivity contribution in [3.05, 3.63) is 59.9 Å². The number of aryl methyl sites for hydroxylation is 1. The smallest absolute Gasteiger partial charge is 0.316 e. The van der Waals surface area contributed by atoms with Crippen molar-refractivity contribution in [1.82, 2.24) is 5.16 Å². The van der Waals surface area contributed by atoms with Crippen molar-refractivity contribution in [1.29, 1.82) is 0 Å². The molecule has 3 rings (SSSR count). The molecule has 1 heterocycles. The summed E-state index contributed by atoms with van der Waals surface area (Å²) >= 11 is 0. The molecule has 0 aliphatic carbocycles. The molecule has 9 heteroatoms. The monoisotopic (exact) mass is 379 g/mol. The molecule has 2 aromatic carbocycles. The van der Waals surface area contributed by atoms with Gasteiger partial charge in [-0.15, -0.1) is 0 Å². The van der Waals surface area contributed by atoms with Crippen LogP contribution < -0.4 is 0 Å². The van der Waals surface area contributed by atoms with E-state index in [0.717, 1.165) is 29.8 Å². The Morgan fingerprint density at radius 2 is 1.32 bits per heavy atom. The number of rotatable bonds is 3. The van der Waals surface area contributed by atoms with Crippen molar-refractivity contribution < 1.29 is 28.3 Å². The van der Waals surface area contributed by atoms with Gasteiger partial charge in [-0.05, 0) is 31.2 Å². The van der Waals surface area contributed by atoms with Crippen LogP contribution in [-0.2, 0) is 0 Å². The van der Waals surface area contributed by atoms with Gasteiger partial charge in [-0.3, -0.25) is 0 Å². The average molecular weight is 379 g/mol. The zero-order valence-electron chi connectivity index (χ0n) is 12.7. The minimum absolute atomic E-state index is 0.185. The predicted molar refractivity (Wildman–Crippen MR) is 83.5 cm³/mol. The first-order chi connectivity index (χ1) is 11.3. The van der Waals surface area contributed by atoms with Crippen molar-refractivity contribution >= 4 is 10.2 Å². The summed E-state index contributed by atoms with van der Waals surface area (Å²) in [5.74, 6) is -1.79. The van der Waals surface area contributed by atoms with Gasteiger partial charge in [-0.25, -0.2) is 4.39 Å². The Morgan fingerprint density at radius 1 is 0.800 bits per heavy atom. The van der Waals surface area contributed by atoms with E-state index in [1.807, 2.05) is 0 Å². The number of benzene rings is 2. The van der Waals surface area contributed by atoms with Crippen LogP contribution in [0.3, 0.4) is 0 Å². The van der Waals surface area contributed by atoms with Crippen molar-refractivity contribution in [3.63, 3.8) is 0 Å². The zero-order valence-corrected chi connectivity index (χ0v) is 13.5. The highest BCUT2D eigenvalue weighted by Crippen LogP contribution is 3.03. The van der Waals surface area contributed by atoms with Crippen LogP contribution >= 0.6 is 10.2 Å². The standard InChI is InChI=1S/C16H11F6NOS/c1-10-2-4-12(5-3-10)15-16(25(18,19,20,21)22)14(23-24-15)11-6-8-13(17)9-7-11/h2-9H,1H3. The maximum absolute atomic E-state index is 13.7. The van der Waals surface area contributed by atoms with Gasteiger partial charge in [0.05, 0.1) is 0 Å². The third-order valence-corrected chi connectivity index (χ3v) is 4.62. The van der Waals surface area contributed by atoms with Crippen LogP contribution in [0.25, 0.3) is 22.6 Å². The van der Waals surface area contributed by atoms with Crippen LogP contribution in [0.5, 0.6) is 0 Å². The predicted octanol–water partition coefficient (Wildman–Crippen LogP) is 7.11. The maximum atomic E-state index is 13.7. The molecule has 0 saturated carbocycles. The van der Waals surface area contributed by atoms with Crippen molar-refractivity contribution in [2.45, 2.75) is 11.8 Å². The lowest BCUT2D eigenvalue weighted by Gasteiger charge is -2.40. The van der Waals surface area contributed by atoms with Crippen LogP contribution in [0.15, 0.2) is 57.9 Å². The van der Waals surface area contributed by atoms with Gasteiger partial charge in [0.15, 0.2) is 10.7 Å². The molecule has 0 amide bonds. The summed E-state index contributed by atoms with van der Waals surface area (Å²) in [7, 11) is -10.1. The fourth-order valence-corrected chi connectivity index (χ4v) is 3.35. The first-order valence-electron chi connectivity index (χ1n) is 6.92. The van der Waals surface area contributed by atoms with Crippen LogP contribution in [0.2, 0.25) is 0 Å². The topological polar surface area (TPSA) is 26.0 Å². The van der Waals surface area contributed by atoms with Crippen LogP contribution in [-0.4, -0.2) is 5.16 Å². The maximum Gasteiger partial charge on any atom is 0.316 e. The van der Waals surface area contributed by atoms with Gasteiger partial charge in [0, 0.05) is 11.1 Å². The van der Waals surface area contributed by atoms with Crippen LogP contribution in [0.1, 0.15) is 5.56 Å². The summed E-state index contributed by atoms with van der Waals surface area (Å²) in [6.07, 6.45) is 0. The molecule has 0 atom stereocenters. The van der Waals surface area contributed by atoms with Gasteiger partial charge in [-0.1, -0.05) is 54.4 Å². The number of aromatic nitrogens is 1. The number of hydrogen-bond acceptors (Lipinski definition) is 2. The number of nitrogens with zero attached hydrogens (tertiary/aromatic N) is 1. The van der Waals surface area contributed by atoms with Gasteiger partial charge in [0.25, 0.3) is 0 Å². The highest BCUT2D eigenvalue weighted by atomic mass is 32.5. The minimum Gasteiger partial charge on any atom is -0.354 e. The summed E-state index contributed by atoms with van der Waals surface area (Å²) in [6.45, 7) is 1.69. The molecular weight excluding hydrogens is 368 g/mol. The average Bonchev–Trinajstić information content (AvgIpc) is 2.93. The molecule has 0 unspecified atom stereocenters. The third kappa shape index (κ3) is 3.51. The van der Waals surface area contributed by atoms with Gasteiger partial charge < -0.3 is 4.52 Å². The Hall–Kier alpha value is -2.42. The Labute approximate surface area is 138 Å². The highest BCUT2D eigenvalue weighted by Gasteiger charge is 2.69. The van der Waals surface area contributed by atoms with E-state index in [1.165, 1.54) is 24.3 Å². The highest BCUT2D eigenvalue weighted by molar-refractivity contribution is 8.46. The summed E-state index contributed by atoms with van der Waals surface area (Å²) in [4.78, 5) is -2.21. The molecule has 0 saturated heterocycles. The van der Waals surface area contributed by atoms with Gasteiger partial charge in [0.2, 0.25) is 0 Å². The lowest BCUT2D eigenvalue weighted by atomic mass is 10.1. The molecule has 0 aliphatic heterocycles. The van der Waals surface area contributed by atoms with Gasteiger partial charge in [0.1, 0.15) is 11.5 Å². The second-order valence-electron chi connectivity index (χ2n) is 5.53. The molecule has 0 bridgehead atoms. The second kappa shape index (κ2) is 4.81. The number of halogens is 6. The van der Waals surface area contributed by atoms with Gasteiger partial charge >= 0.3 is 10.2 Å². The Morgan fingerprint density at radius 3 is 1.84 bits per heavy atom. The molecule has 1 aromatic heterocycles. The Bertz CT molecular complexity index is 867. The van der Waals surface area contributed by atoms with Crippen molar-refractivity contribution in [2.75, 3.05) is 0 Å². The van der Waals surface area contributed by atoms with E-state index in [9.17, 15) is 23.8 Å². The molecule has 134 valence electrons. The van der Waals surface area contributed by atoms with E-state index >= 15 is 0 Å². The lowest BCUT2D eigenvalue weighted by molar-refractivity contribution is 0.362. The summed E-state index contributed by atoms with van der Waals surface area (Å²) in [6, 6.07) is 8.96. The first kappa shape index (κ1) is 17.4. The fourth-order valence-electron chi connectivity index (χ4n) is 2.32. The SMILES string of the molecule is Cc1ccc(-c2onc(-c3ccc(F)cc3)c2S(F)(F)(F)(F)F)cc1. The normalized spacial score (nSPS) is 14.8. The Balaban J connectivity index is 2.32. The van der Waals surface area contributed by atoms with Crippen LogP contribution in [0, 0.1) is 12.7 Å². The zero-order chi connectivity index (χ0) is 18.5. The second-order valence-corrected chi connectivity index (χ2v) is 7.88. The molecule has 0 N–H and O–H groups in total. The lowest BCUT2D eigenvalue weighted by Crippen LogP contribution is -2.08. The van der Waals surface area contributed by atoms with E-state index in [2.05, 4.69) is 9.68 Å². The van der Waals surface area contributed by atoms with Crippen molar-refractivity contribution in [2.24, 2.45) is 0 Å². The number of hydrogen-bond donors (Lipinski definition) is 0.